The van der Waals surface area contributed by atoms with Gasteiger partial charge in [-0.25, -0.2) is 0 Å². The molecular weight excluding hydrogens is 280 g/mol. The van der Waals surface area contributed by atoms with Crippen LogP contribution in [-0.2, 0) is 20.7 Å². The Morgan fingerprint density at radius 2 is 2.09 bits per heavy atom. The van der Waals surface area contributed by atoms with Gasteiger partial charge in [-0.2, -0.15) is 0 Å². The van der Waals surface area contributed by atoms with E-state index in [4.69, 9.17) is 4.74 Å². The summed E-state index contributed by atoms with van der Waals surface area (Å²) >= 11 is 0. The molecule has 2 heterocycles. The first-order valence-electron chi connectivity index (χ1n) is 8.00. The summed E-state index contributed by atoms with van der Waals surface area (Å²) in [5, 5.41) is 2.92. The Bertz CT molecular complexity index is 535. The molecule has 1 aromatic carbocycles. The lowest BCUT2D eigenvalue weighted by Crippen LogP contribution is -2.32. The zero-order valence-electron chi connectivity index (χ0n) is 12.7. The van der Waals surface area contributed by atoms with Crippen molar-refractivity contribution < 1.29 is 14.3 Å². The highest BCUT2D eigenvalue weighted by Crippen LogP contribution is 2.21. The number of carbonyl (C=O) groups is 2. The summed E-state index contributed by atoms with van der Waals surface area (Å²) in [5.74, 6) is 0.197. The average Bonchev–Trinajstić information content (AvgIpc) is 3.17. The van der Waals surface area contributed by atoms with Gasteiger partial charge in [0.2, 0.25) is 11.8 Å². The molecule has 0 aliphatic carbocycles. The minimum atomic E-state index is 0.0144. The molecule has 0 radical (unpaired) electrons. The standard InChI is InChI=1S/C17H22N2O3/c20-16(18-12-15-3-2-10-22-15)11-13-5-7-14(8-6-13)19-9-1-4-17(19)21/h5-8,15H,1-4,9-12H2,(H,18,20). The fraction of sp³-hybridized carbons (Fsp3) is 0.529. The van der Waals surface area contributed by atoms with Crippen molar-refractivity contribution in [3.8, 4) is 0 Å². The third-order valence-corrected chi connectivity index (χ3v) is 4.24. The predicted octanol–water partition coefficient (Wildman–Crippen LogP) is 1.65. The minimum Gasteiger partial charge on any atom is -0.376 e. The third kappa shape index (κ3) is 3.65. The molecule has 2 saturated heterocycles. The molecule has 0 aromatic heterocycles. The maximum atomic E-state index is 11.9. The summed E-state index contributed by atoms with van der Waals surface area (Å²) < 4.78 is 5.48. The Morgan fingerprint density at radius 1 is 1.27 bits per heavy atom. The number of hydrogen-bond donors (Lipinski definition) is 1. The van der Waals surface area contributed by atoms with Crippen LogP contribution in [0.1, 0.15) is 31.2 Å². The van der Waals surface area contributed by atoms with E-state index in [-0.39, 0.29) is 17.9 Å². The van der Waals surface area contributed by atoms with Crippen LogP contribution < -0.4 is 10.2 Å². The van der Waals surface area contributed by atoms with Crippen LogP contribution in [0.2, 0.25) is 0 Å². The summed E-state index contributed by atoms with van der Waals surface area (Å²) in [4.78, 5) is 25.4. The highest BCUT2D eigenvalue weighted by molar-refractivity contribution is 5.95. The van der Waals surface area contributed by atoms with Gasteiger partial charge in [0, 0.05) is 31.8 Å². The first kappa shape index (κ1) is 15.0. The molecule has 1 unspecified atom stereocenters. The average molecular weight is 302 g/mol. The van der Waals surface area contributed by atoms with Gasteiger partial charge in [-0.1, -0.05) is 12.1 Å². The number of rotatable bonds is 5. The number of benzene rings is 1. The Hall–Kier alpha value is -1.88. The summed E-state index contributed by atoms with van der Waals surface area (Å²) in [5.41, 5.74) is 1.88. The van der Waals surface area contributed by atoms with Crippen LogP contribution in [-0.4, -0.2) is 37.6 Å². The molecule has 1 N–H and O–H groups in total. The van der Waals surface area contributed by atoms with Crippen molar-refractivity contribution in [1.29, 1.82) is 0 Å². The summed E-state index contributed by atoms with van der Waals surface area (Å²) in [6.45, 7) is 2.19. The Morgan fingerprint density at radius 3 is 2.73 bits per heavy atom. The lowest BCUT2D eigenvalue weighted by atomic mass is 10.1. The van der Waals surface area contributed by atoms with Crippen molar-refractivity contribution in [2.45, 2.75) is 38.2 Å². The van der Waals surface area contributed by atoms with Crippen molar-refractivity contribution in [3.05, 3.63) is 29.8 Å². The van der Waals surface area contributed by atoms with Crippen molar-refractivity contribution >= 4 is 17.5 Å². The molecule has 22 heavy (non-hydrogen) atoms. The van der Waals surface area contributed by atoms with E-state index in [9.17, 15) is 9.59 Å². The molecule has 1 aromatic rings. The van der Waals surface area contributed by atoms with Gasteiger partial charge < -0.3 is 15.0 Å². The Labute approximate surface area is 130 Å². The zero-order valence-corrected chi connectivity index (χ0v) is 12.7. The SMILES string of the molecule is O=C(Cc1ccc(N2CCCC2=O)cc1)NCC1CCCO1. The zero-order chi connectivity index (χ0) is 15.4. The third-order valence-electron chi connectivity index (χ3n) is 4.24. The fourth-order valence-corrected chi connectivity index (χ4v) is 3.00. The van der Waals surface area contributed by atoms with Gasteiger partial charge in [0.15, 0.2) is 0 Å². The number of ether oxygens (including phenoxy) is 1. The van der Waals surface area contributed by atoms with Gasteiger partial charge in [-0.15, -0.1) is 0 Å². The first-order valence-corrected chi connectivity index (χ1v) is 8.00. The van der Waals surface area contributed by atoms with E-state index in [1.54, 1.807) is 4.90 Å². The van der Waals surface area contributed by atoms with Crippen LogP contribution in [0.15, 0.2) is 24.3 Å². The second-order valence-corrected chi connectivity index (χ2v) is 5.93. The van der Waals surface area contributed by atoms with Gasteiger partial charge in [0.25, 0.3) is 0 Å². The molecule has 5 nitrogen and oxygen atoms in total. The molecular formula is C17H22N2O3. The van der Waals surface area contributed by atoms with E-state index in [2.05, 4.69) is 5.32 Å². The molecule has 2 fully saturated rings. The van der Waals surface area contributed by atoms with Crippen molar-refractivity contribution in [3.63, 3.8) is 0 Å². The van der Waals surface area contributed by atoms with Crippen molar-refractivity contribution in [2.24, 2.45) is 0 Å². The number of nitrogens with one attached hydrogen (secondary N) is 1. The van der Waals surface area contributed by atoms with Gasteiger partial charge in [-0.3, -0.25) is 9.59 Å². The van der Waals surface area contributed by atoms with Gasteiger partial charge in [-0.05, 0) is 37.0 Å². The number of hydrogen-bond acceptors (Lipinski definition) is 3. The largest absolute Gasteiger partial charge is 0.376 e. The molecule has 1 atom stereocenters. The van der Waals surface area contributed by atoms with Crippen LogP contribution in [0.25, 0.3) is 0 Å². The molecule has 5 heteroatoms. The van der Waals surface area contributed by atoms with Gasteiger partial charge in [0.05, 0.1) is 12.5 Å². The Kier molecular flexibility index (Phi) is 4.73. The van der Waals surface area contributed by atoms with Crippen molar-refractivity contribution in [2.75, 3.05) is 24.6 Å². The van der Waals surface area contributed by atoms with E-state index in [0.717, 1.165) is 43.7 Å². The van der Waals surface area contributed by atoms with E-state index in [0.29, 0.717) is 19.4 Å². The summed E-state index contributed by atoms with van der Waals surface area (Å²) in [7, 11) is 0. The van der Waals surface area contributed by atoms with E-state index in [1.165, 1.54) is 0 Å². The van der Waals surface area contributed by atoms with Crippen LogP contribution >= 0.6 is 0 Å². The van der Waals surface area contributed by atoms with E-state index < -0.39 is 0 Å². The van der Waals surface area contributed by atoms with Gasteiger partial charge >= 0.3 is 0 Å². The predicted molar refractivity (Wildman–Crippen MR) is 83.7 cm³/mol. The highest BCUT2D eigenvalue weighted by atomic mass is 16.5. The maximum Gasteiger partial charge on any atom is 0.227 e. The molecule has 3 rings (SSSR count). The van der Waals surface area contributed by atoms with Crippen LogP contribution in [0.5, 0.6) is 0 Å². The molecule has 2 aliphatic heterocycles. The first-order chi connectivity index (χ1) is 10.7. The molecule has 2 amide bonds. The molecule has 118 valence electrons. The van der Waals surface area contributed by atoms with E-state index in [1.807, 2.05) is 24.3 Å². The molecule has 0 bridgehead atoms. The lowest BCUT2D eigenvalue weighted by molar-refractivity contribution is -0.121. The van der Waals surface area contributed by atoms with Crippen LogP contribution in [0.3, 0.4) is 0 Å². The van der Waals surface area contributed by atoms with Crippen LogP contribution in [0, 0.1) is 0 Å². The Balaban J connectivity index is 1.49. The number of nitrogens with zero attached hydrogens (tertiary/aromatic N) is 1. The number of anilines is 1. The highest BCUT2D eigenvalue weighted by Gasteiger charge is 2.21. The smallest absolute Gasteiger partial charge is 0.227 e. The topological polar surface area (TPSA) is 58.6 Å². The second-order valence-electron chi connectivity index (χ2n) is 5.93. The maximum absolute atomic E-state index is 11.9. The fourth-order valence-electron chi connectivity index (χ4n) is 3.00. The number of carbonyl (C=O) groups excluding carboxylic acids is 2. The summed E-state index contributed by atoms with van der Waals surface area (Å²) in [6.07, 6.45) is 4.20. The molecule has 2 aliphatic rings. The number of amides is 2. The normalized spacial score (nSPS) is 21.4. The van der Waals surface area contributed by atoms with Crippen LogP contribution in [0.4, 0.5) is 5.69 Å². The quantitative estimate of drug-likeness (QED) is 0.900. The van der Waals surface area contributed by atoms with Gasteiger partial charge in [0.1, 0.15) is 0 Å². The molecule has 0 saturated carbocycles. The summed E-state index contributed by atoms with van der Waals surface area (Å²) in [6, 6.07) is 7.69. The second kappa shape index (κ2) is 6.92. The van der Waals surface area contributed by atoms with Crippen molar-refractivity contribution in [1.82, 2.24) is 5.32 Å². The minimum absolute atomic E-state index is 0.0144. The monoisotopic (exact) mass is 302 g/mol. The molecule has 0 spiro atoms. The lowest BCUT2D eigenvalue weighted by Gasteiger charge is -2.16. The van der Waals surface area contributed by atoms with E-state index >= 15 is 0 Å².